The third kappa shape index (κ3) is 3.88. The third-order valence-electron chi connectivity index (χ3n) is 2.97. The van der Waals surface area contributed by atoms with Gasteiger partial charge in [-0.05, 0) is 12.1 Å². The van der Waals surface area contributed by atoms with Crippen LogP contribution in [0.1, 0.15) is 10.4 Å². The van der Waals surface area contributed by atoms with Crippen molar-refractivity contribution in [3.8, 4) is 5.75 Å². The number of carbonyl (C=O) groups excluding carboxylic acids is 1. The average molecular weight is 319 g/mol. The first kappa shape index (κ1) is 16.1. The quantitative estimate of drug-likeness (QED) is 0.914. The third-order valence-corrected chi connectivity index (χ3v) is 2.97. The number of benzene rings is 1. The Balaban J connectivity index is 2.20. The summed E-state index contributed by atoms with van der Waals surface area (Å²) in [6.07, 6.45) is -6.13. The fraction of sp³-hybridized carbons (Fsp3) is 0.385. The van der Waals surface area contributed by atoms with E-state index in [1.54, 1.807) is 0 Å². The molecule has 0 bridgehead atoms. The number of para-hydroxylation sites is 1. The van der Waals surface area contributed by atoms with Crippen LogP contribution in [0, 0.1) is 0 Å². The predicted molar refractivity (Wildman–Crippen MR) is 66.4 cm³/mol. The molecule has 1 N–H and O–H groups in total. The Kier molecular flexibility index (Phi) is 4.55. The largest absolute Gasteiger partial charge is 0.573 e. The Morgan fingerprint density at radius 1 is 1.32 bits per heavy atom. The molecule has 1 heterocycles. The minimum absolute atomic E-state index is 0.00893. The van der Waals surface area contributed by atoms with Gasteiger partial charge in [-0.15, -0.1) is 13.2 Å². The first-order valence-corrected chi connectivity index (χ1v) is 6.26. The van der Waals surface area contributed by atoms with Crippen LogP contribution in [0.15, 0.2) is 24.3 Å². The molecule has 1 aliphatic rings. The first-order chi connectivity index (χ1) is 10.3. The zero-order valence-corrected chi connectivity index (χ0v) is 11.2. The number of alkyl halides is 3. The molecule has 1 aromatic carbocycles. The highest BCUT2D eigenvalue weighted by atomic mass is 19.4. The van der Waals surface area contributed by atoms with Gasteiger partial charge in [-0.3, -0.25) is 4.79 Å². The molecule has 1 fully saturated rings. The van der Waals surface area contributed by atoms with Gasteiger partial charge in [0.1, 0.15) is 5.75 Å². The molecule has 2 rings (SSSR count). The molecular weight excluding hydrogens is 307 g/mol. The Hall–Kier alpha value is -2.29. The molecule has 22 heavy (non-hydrogen) atoms. The molecule has 0 aliphatic carbocycles. The van der Waals surface area contributed by atoms with Crippen LogP contribution in [0.3, 0.4) is 0 Å². The highest BCUT2D eigenvalue weighted by molar-refractivity contribution is 5.97. The van der Waals surface area contributed by atoms with Crippen LogP contribution in [0.5, 0.6) is 5.75 Å². The van der Waals surface area contributed by atoms with Gasteiger partial charge in [0, 0.05) is 6.54 Å². The van der Waals surface area contributed by atoms with Crippen molar-refractivity contribution in [2.45, 2.75) is 12.5 Å². The summed E-state index contributed by atoms with van der Waals surface area (Å²) in [7, 11) is 0. The summed E-state index contributed by atoms with van der Waals surface area (Å²) >= 11 is 0. The Labute approximate surface area is 123 Å². The topological polar surface area (TPSA) is 76.1 Å². The number of amides is 1. The second kappa shape index (κ2) is 6.22. The number of rotatable bonds is 3. The van der Waals surface area contributed by atoms with Crippen LogP contribution >= 0.6 is 0 Å². The van der Waals surface area contributed by atoms with E-state index in [2.05, 4.69) is 4.74 Å². The van der Waals surface area contributed by atoms with Gasteiger partial charge in [-0.25, -0.2) is 4.79 Å². The van der Waals surface area contributed by atoms with E-state index >= 15 is 0 Å². The smallest absolute Gasteiger partial charge is 0.479 e. The second-order valence-electron chi connectivity index (χ2n) is 4.49. The zero-order chi connectivity index (χ0) is 16.3. The minimum Gasteiger partial charge on any atom is -0.479 e. The predicted octanol–water partition coefficient (Wildman–Crippen LogP) is 1.51. The summed E-state index contributed by atoms with van der Waals surface area (Å²) in [5.41, 5.74) is -0.286. The van der Waals surface area contributed by atoms with E-state index in [4.69, 9.17) is 9.84 Å². The molecule has 0 radical (unpaired) electrons. The van der Waals surface area contributed by atoms with E-state index in [9.17, 15) is 22.8 Å². The maximum atomic E-state index is 12.4. The Morgan fingerprint density at radius 3 is 2.64 bits per heavy atom. The van der Waals surface area contributed by atoms with Crippen molar-refractivity contribution < 1.29 is 37.3 Å². The number of nitrogens with zero attached hydrogens (tertiary/aromatic N) is 1. The van der Waals surface area contributed by atoms with E-state index in [1.807, 2.05) is 0 Å². The summed E-state index contributed by atoms with van der Waals surface area (Å²) < 4.78 is 45.8. The van der Waals surface area contributed by atoms with Gasteiger partial charge < -0.3 is 19.5 Å². The van der Waals surface area contributed by atoms with Crippen LogP contribution in [0.4, 0.5) is 13.2 Å². The fourth-order valence-corrected chi connectivity index (χ4v) is 2.01. The summed E-state index contributed by atoms with van der Waals surface area (Å²) in [6.45, 7) is -0.164. The fourth-order valence-electron chi connectivity index (χ4n) is 2.01. The van der Waals surface area contributed by atoms with Crippen molar-refractivity contribution in [2.24, 2.45) is 0 Å². The minimum atomic E-state index is -4.93. The van der Waals surface area contributed by atoms with E-state index in [0.29, 0.717) is 0 Å². The summed E-state index contributed by atoms with van der Waals surface area (Å²) in [5, 5.41) is 8.88. The summed E-state index contributed by atoms with van der Waals surface area (Å²) in [6, 6.07) is 4.91. The van der Waals surface area contributed by atoms with Crippen molar-refractivity contribution >= 4 is 11.9 Å². The second-order valence-corrected chi connectivity index (χ2v) is 4.49. The lowest BCUT2D eigenvalue weighted by atomic mass is 10.1. The Morgan fingerprint density at radius 2 is 2.00 bits per heavy atom. The van der Waals surface area contributed by atoms with Gasteiger partial charge in [-0.2, -0.15) is 0 Å². The van der Waals surface area contributed by atoms with Crippen molar-refractivity contribution in [1.82, 2.24) is 4.90 Å². The maximum Gasteiger partial charge on any atom is 0.573 e. The molecule has 0 saturated carbocycles. The molecule has 9 heteroatoms. The maximum absolute atomic E-state index is 12.4. The van der Waals surface area contributed by atoms with Crippen LogP contribution in [-0.4, -0.2) is 54.0 Å². The lowest BCUT2D eigenvalue weighted by molar-refractivity contribution is -0.274. The molecule has 1 amide bonds. The van der Waals surface area contributed by atoms with E-state index < -0.39 is 30.1 Å². The van der Waals surface area contributed by atoms with E-state index in [1.165, 1.54) is 18.2 Å². The van der Waals surface area contributed by atoms with Gasteiger partial charge >= 0.3 is 12.3 Å². The molecule has 1 saturated heterocycles. The molecule has 0 aromatic heterocycles. The molecule has 120 valence electrons. The van der Waals surface area contributed by atoms with E-state index in [0.717, 1.165) is 11.0 Å². The zero-order valence-electron chi connectivity index (χ0n) is 11.2. The lowest BCUT2D eigenvalue weighted by Crippen LogP contribution is -2.48. The summed E-state index contributed by atoms with van der Waals surface area (Å²) in [5.74, 6) is -2.61. The van der Waals surface area contributed by atoms with Gasteiger partial charge in [0.25, 0.3) is 5.91 Å². The number of ether oxygens (including phenoxy) is 2. The van der Waals surface area contributed by atoms with E-state index in [-0.39, 0.29) is 25.3 Å². The lowest BCUT2D eigenvalue weighted by Gasteiger charge is -2.31. The van der Waals surface area contributed by atoms with Crippen molar-refractivity contribution in [1.29, 1.82) is 0 Å². The molecule has 6 nitrogen and oxygen atoms in total. The van der Waals surface area contributed by atoms with Crippen LogP contribution in [0.2, 0.25) is 0 Å². The summed E-state index contributed by atoms with van der Waals surface area (Å²) in [4.78, 5) is 24.3. The number of halogens is 3. The standard InChI is InChI=1S/C13H12F3NO5/c14-13(15,16)22-9-4-2-1-3-8(9)11(18)17-5-6-21-10(7-17)12(19)20/h1-4,10H,5-7H2,(H,19,20). The molecule has 0 spiro atoms. The number of carboxylic acid groups (broad SMARTS) is 1. The number of morpholine rings is 1. The van der Waals surface area contributed by atoms with Gasteiger partial charge in [0.15, 0.2) is 6.10 Å². The van der Waals surface area contributed by atoms with Crippen molar-refractivity contribution in [3.05, 3.63) is 29.8 Å². The highest BCUT2D eigenvalue weighted by Gasteiger charge is 2.35. The van der Waals surface area contributed by atoms with Crippen molar-refractivity contribution in [2.75, 3.05) is 19.7 Å². The average Bonchev–Trinajstić information content (AvgIpc) is 2.45. The Bertz CT molecular complexity index is 575. The molecular formula is C13H12F3NO5. The number of hydrogen-bond donors (Lipinski definition) is 1. The number of aliphatic carboxylic acids is 1. The number of carboxylic acids is 1. The molecule has 1 aromatic rings. The SMILES string of the molecule is O=C(O)C1CN(C(=O)c2ccccc2OC(F)(F)F)CCO1. The van der Waals surface area contributed by atoms with Crippen LogP contribution in [-0.2, 0) is 9.53 Å². The normalized spacial score (nSPS) is 18.9. The van der Waals surface area contributed by atoms with Gasteiger partial charge in [-0.1, -0.05) is 12.1 Å². The number of carbonyl (C=O) groups is 2. The van der Waals surface area contributed by atoms with Gasteiger partial charge in [0.2, 0.25) is 0 Å². The van der Waals surface area contributed by atoms with Crippen molar-refractivity contribution in [3.63, 3.8) is 0 Å². The van der Waals surface area contributed by atoms with Crippen LogP contribution in [0.25, 0.3) is 0 Å². The van der Waals surface area contributed by atoms with Crippen LogP contribution < -0.4 is 4.74 Å². The molecule has 1 atom stereocenters. The molecule has 1 unspecified atom stereocenters. The van der Waals surface area contributed by atoms with Gasteiger partial charge in [0.05, 0.1) is 18.7 Å². The molecule has 1 aliphatic heterocycles. The highest BCUT2D eigenvalue weighted by Crippen LogP contribution is 2.27. The number of hydrogen-bond acceptors (Lipinski definition) is 4. The first-order valence-electron chi connectivity index (χ1n) is 6.26. The monoisotopic (exact) mass is 319 g/mol.